The highest BCUT2D eigenvalue weighted by Crippen LogP contribution is 2.20. The van der Waals surface area contributed by atoms with E-state index in [0.717, 1.165) is 37.9 Å². The van der Waals surface area contributed by atoms with Gasteiger partial charge in [-0.1, -0.05) is 0 Å². The van der Waals surface area contributed by atoms with Crippen molar-refractivity contribution in [3.05, 3.63) is 23.8 Å². The van der Waals surface area contributed by atoms with E-state index in [-0.39, 0.29) is 18.0 Å². The Bertz CT molecular complexity index is 468. The number of amides is 1. The van der Waals surface area contributed by atoms with Gasteiger partial charge in [-0.25, -0.2) is 4.98 Å². The van der Waals surface area contributed by atoms with Crippen LogP contribution in [0.15, 0.2) is 12.4 Å². The van der Waals surface area contributed by atoms with E-state index in [0.29, 0.717) is 18.9 Å². The minimum Gasteiger partial charge on any atom is -0.381 e. The zero-order valence-electron chi connectivity index (χ0n) is 11.5. The lowest BCUT2D eigenvalue weighted by molar-refractivity contribution is 0.0694. The molecule has 1 aromatic heterocycles. The predicted octanol–water partition coefficient (Wildman–Crippen LogP) is 0.810. The van der Waals surface area contributed by atoms with Crippen molar-refractivity contribution in [1.29, 1.82) is 0 Å². The maximum Gasteiger partial charge on any atom is 0.271 e. The van der Waals surface area contributed by atoms with Crippen LogP contribution in [-0.2, 0) is 4.74 Å². The first-order chi connectivity index (χ1) is 9.83. The Balaban J connectivity index is 1.66. The molecule has 1 aromatic rings. The van der Waals surface area contributed by atoms with E-state index in [1.807, 2.05) is 0 Å². The summed E-state index contributed by atoms with van der Waals surface area (Å²) in [6.07, 6.45) is 7.21. The molecule has 1 amide bonds. The fourth-order valence-corrected chi connectivity index (χ4v) is 2.70. The molecule has 0 unspecified atom stereocenters. The average molecular weight is 276 g/mol. The molecule has 0 aromatic carbocycles. The first-order valence-electron chi connectivity index (χ1n) is 7.27. The number of ether oxygens (including phenoxy) is 1. The highest BCUT2D eigenvalue weighted by Gasteiger charge is 2.21. The van der Waals surface area contributed by atoms with Gasteiger partial charge in [-0.05, 0) is 32.2 Å². The molecule has 2 fully saturated rings. The molecule has 2 aliphatic heterocycles. The zero-order valence-corrected chi connectivity index (χ0v) is 11.5. The number of hydrogen-bond acceptors (Lipinski definition) is 5. The van der Waals surface area contributed by atoms with Crippen molar-refractivity contribution in [2.24, 2.45) is 0 Å². The van der Waals surface area contributed by atoms with E-state index in [4.69, 9.17) is 4.74 Å². The molecule has 0 bridgehead atoms. The Morgan fingerprint density at radius 1 is 1.30 bits per heavy atom. The van der Waals surface area contributed by atoms with Crippen LogP contribution >= 0.6 is 0 Å². The average Bonchev–Trinajstić information content (AvgIpc) is 3.03. The topological polar surface area (TPSA) is 76.1 Å². The van der Waals surface area contributed by atoms with Crippen molar-refractivity contribution >= 4 is 5.91 Å². The third-order valence-corrected chi connectivity index (χ3v) is 3.86. The molecule has 2 saturated heterocycles. The largest absolute Gasteiger partial charge is 0.381 e. The van der Waals surface area contributed by atoms with Gasteiger partial charge >= 0.3 is 0 Å². The van der Waals surface area contributed by atoms with Crippen molar-refractivity contribution in [2.45, 2.75) is 37.8 Å². The first-order valence-corrected chi connectivity index (χ1v) is 7.27. The Kier molecular flexibility index (Phi) is 4.22. The maximum absolute atomic E-state index is 12.2. The summed E-state index contributed by atoms with van der Waals surface area (Å²) in [5, 5.41) is 6.38. The summed E-state index contributed by atoms with van der Waals surface area (Å²) in [6, 6.07) is 0.421. The molecule has 0 saturated carbocycles. The maximum atomic E-state index is 12.2. The van der Waals surface area contributed by atoms with Gasteiger partial charge in [0.15, 0.2) is 0 Å². The molecule has 0 radical (unpaired) electrons. The summed E-state index contributed by atoms with van der Waals surface area (Å²) in [4.78, 5) is 20.8. The second-order valence-corrected chi connectivity index (χ2v) is 5.34. The number of nitrogens with one attached hydrogen (secondary N) is 2. The van der Waals surface area contributed by atoms with Gasteiger partial charge in [-0.15, -0.1) is 0 Å². The van der Waals surface area contributed by atoms with Crippen molar-refractivity contribution in [3.8, 4) is 0 Å². The minimum atomic E-state index is -0.135. The minimum absolute atomic E-state index is 0.135. The molecule has 3 heterocycles. The molecule has 6 heteroatoms. The van der Waals surface area contributed by atoms with Crippen LogP contribution in [0.4, 0.5) is 0 Å². The molecule has 0 aliphatic carbocycles. The summed E-state index contributed by atoms with van der Waals surface area (Å²) < 4.78 is 5.29. The Labute approximate surface area is 118 Å². The van der Waals surface area contributed by atoms with E-state index in [1.54, 1.807) is 6.20 Å². The second kappa shape index (κ2) is 6.28. The Morgan fingerprint density at radius 3 is 2.90 bits per heavy atom. The molecule has 2 aliphatic rings. The zero-order chi connectivity index (χ0) is 13.8. The van der Waals surface area contributed by atoms with Crippen LogP contribution in [0.2, 0.25) is 0 Å². The summed E-state index contributed by atoms with van der Waals surface area (Å²) >= 11 is 0. The third-order valence-electron chi connectivity index (χ3n) is 3.86. The van der Waals surface area contributed by atoms with Gasteiger partial charge in [-0.3, -0.25) is 9.78 Å². The highest BCUT2D eigenvalue weighted by molar-refractivity contribution is 5.92. The molecule has 6 nitrogen and oxygen atoms in total. The normalized spacial score (nSPS) is 23.7. The number of rotatable bonds is 3. The van der Waals surface area contributed by atoms with Gasteiger partial charge in [-0.2, -0.15) is 0 Å². The van der Waals surface area contributed by atoms with Gasteiger partial charge in [0.25, 0.3) is 5.91 Å². The smallest absolute Gasteiger partial charge is 0.271 e. The Morgan fingerprint density at radius 2 is 2.15 bits per heavy atom. The fourth-order valence-electron chi connectivity index (χ4n) is 2.70. The molecule has 20 heavy (non-hydrogen) atoms. The van der Waals surface area contributed by atoms with Gasteiger partial charge in [0.2, 0.25) is 0 Å². The van der Waals surface area contributed by atoms with Crippen molar-refractivity contribution < 1.29 is 9.53 Å². The van der Waals surface area contributed by atoms with Gasteiger partial charge in [0.1, 0.15) is 5.69 Å². The molecule has 1 atom stereocenters. The highest BCUT2D eigenvalue weighted by atomic mass is 16.5. The van der Waals surface area contributed by atoms with Crippen LogP contribution in [0.3, 0.4) is 0 Å². The van der Waals surface area contributed by atoms with Gasteiger partial charge < -0.3 is 15.4 Å². The van der Waals surface area contributed by atoms with Crippen LogP contribution in [0, 0.1) is 0 Å². The first kappa shape index (κ1) is 13.5. The summed E-state index contributed by atoms with van der Waals surface area (Å²) in [6.45, 7) is 2.43. The van der Waals surface area contributed by atoms with Crippen molar-refractivity contribution in [2.75, 3.05) is 19.8 Å². The molecular weight excluding hydrogens is 256 g/mol. The van der Waals surface area contributed by atoms with Crippen LogP contribution in [0.5, 0.6) is 0 Å². The van der Waals surface area contributed by atoms with Crippen molar-refractivity contribution in [3.63, 3.8) is 0 Å². The lowest BCUT2D eigenvalue weighted by Crippen LogP contribution is -2.39. The second-order valence-electron chi connectivity index (χ2n) is 5.34. The number of nitrogens with zero attached hydrogens (tertiary/aromatic N) is 2. The number of carbonyl (C=O) groups excluding carboxylic acids is 1. The number of aromatic nitrogens is 2. The standard InChI is InChI=1S/C14H20N4O2/c19-14(17-10-3-6-20-7-4-10)13-9-15-8-12(18-13)11-2-1-5-16-11/h8-11,16H,1-7H2,(H,17,19)/t11-/m0/s1. The molecule has 2 N–H and O–H groups in total. The number of hydrogen-bond donors (Lipinski definition) is 2. The van der Waals surface area contributed by atoms with Gasteiger partial charge in [0, 0.05) is 19.3 Å². The third kappa shape index (κ3) is 3.13. The molecule has 0 spiro atoms. The van der Waals surface area contributed by atoms with Crippen molar-refractivity contribution in [1.82, 2.24) is 20.6 Å². The van der Waals surface area contributed by atoms with Crippen LogP contribution < -0.4 is 10.6 Å². The number of carbonyl (C=O) groups is 1. The summed E-state index contributed by atoms with van der Waals surface area (Å²) in [7, 11) is 0. The monoisotopic (exact) mass is 276 g/mol. The predicted molar refractivity (Wildman–Crippen MR) is 73.3 cm³/mol. The lowest BCUT2D eigenvalue weighted by atomic mass is 10.1. The van der Waals surface area contributed by atoms with Gasteiger partial charge in [0.05, 0.1) is 24.1 Å². The SMILES string of the molecule is O=C(NC1CCOCC1)c1cncc([C@@H]2CCCN2)n1. The van der Waals surface area contributed by atoms with Crippen LogP contribution in [0.1, 0.15) is 47.9 Å². The van der Waals surface area contributed by atoms with E-state index in [1.165, 1.54) is 6.20 Å². The summed E-state index contributed by atoms with van der Waals surface area (Å²) in [5.74, 6) is -0.135. The van der Waals surface area contributed by atoms with E-state index in [2.05, 4.69) is 20.6 Å². The molecule has 3 rings (SSSR count). The quantitative estimate of drug-likeness (QED) is 0.854. The van der Waals surface area contributed by atoms with E-state index in [9.17, 15) is 4.79 Å². The fraction of sp³-hybridized carbons (Fsp3) is 0.643. The lowest BCUT2D eigenvalue weighted by Gasteiger charge is -2.23. The molecule has 108 valence electrons. The van der Waals surface area contributed by atoms with Crippen LogP contribution in [-0.4, -0.2) is 41.7 Å². The van der Waals surface area contributed by atoms with Crippen LogP contribution in [0.25, 0.3) is 0 Å². The van der Waals surface area contributed by atoms with E-state index >= 15 is 0 Å². The Hall–Kier alpha value is -1.53. The van der Waals surface area contributed by atoms with E-state index < -0.39 is 0 Å². The molecular formula is C14H20N4O2. The summed E-state index contributed by atoms with van der Waals surface area (Å²) in [5.41, 5.74) is 1.27.